The van der Waals surface area contributed by atoms with E-state index in [1.165, 1.54) is 29.9 Å². The van der Waals surface area contributed by atoms with Crippen molar-refractivity contribution >= 4 is 27.3 Å². The minimum absolute atomic E-state index is 0.0458. The Hall–Kier alpha value is -1.64. The average molecular weight is 396 g/mol. The van der Waals surface area contributed by atoms with Crippen molar-refractivity contribution in [1.82, 2.24) is 4.31 Å². The molecule has 27 heavy (non-hydrogen) atoms. The summed E-state index contributed by atoms with van der Waals surface area (Å²) >= 11 is 0. The lowest BCUT2D eigenvalue weighted by atomic mass is 9.98. The molecule has 0 radical (unpaired) electrons. The molecule has 2 fully saturated rings. The minimum atomic E-state index is -3.38. The number of carbonyl (C=O) groups is 1. The molecule has 0 saturated carbocycles. The van der Waals surface area contributed by atoms with Crippen molar-refractivity contribution in [2.24, 2.45) is 5.92 Å². The summed E-state index contributed by atoms with van der Waals surface area (Å²) in [5.74, 6) is -0.486. The third-order valence-electron chi connectivity index (χ3n) is 5.30. The lowest BCUT2D eigenvalue weighted by Gasteiger charge is -2.31. The fourth-order valence-electron chi connectivity index (χ4n) is 3.70. The van der Waals surface area contributed by atoms with Gasteiger partial charge in [-0.1, -0.05) is 0 Å². The van der Waals surface area contributed by atoms with Gasteiger partial charge in [-0.15, -0.1) is 0 Å². The monoisotopic (exact) mass is 395 g/mol. The Kier molecular flexibility index (Phi) is 6.73. The van der Waals surface area contributed by atoms with E-state index >= 15 is 0 Å². The first-order valence-corrected chi connectivity index (χ1v) is 11.2. The number of hydrogen-bond acceptors (Lipinski definition) is 5. The topological polar surface area (TPSA) is 79.0 Å². The number of carbonyl (C=O) groups excluding carboxylic acids is 1. The van der Waals surface area contributed by atoms with Crippen molar-refractivity contribution in [3.63, 3.8) is 0 Å². The summed E-state index contributed by atoms with van der Waals surface area (Å²) in [7, 11) is -1.89. The Morgan fingerprint density at radius 2 is 1.85 bits per heavy atom. The summed E-state index contributed by atoms with van der Waals surface area (Å²) in [6.07, 6.45) is 3.85. The zero-order valence-electron chi connectivity index (χ0n) is 15.9. The Morgan fingerprint density at radius 1 is 1.15 bits per heavy atom. The van der Waals surface area contributed by atoms with E-state index in [0.29, 0.717) is 19.4 Å². The number of piperidine rings is 1. The van der Waals surface area contributed by atoms with E-state index in [0.717, 1.165) is 18.8 Å². The van der Waals surface area contributed by atoms with Gasteiger partial charge in [0.15, 0.2) is 0 Å². The van der Waals surface area contributed by atoms with E-state index in [1.807, 2.05) is 24.3 Å². The molecule has 2 aliphatic rings. The molecular formula is C19H29N3O4S. The molecule has 1 atom stereocenters. The third kappa shape index (κ3) is 5.21. The SMILES string of the molecule is COCCS(=O)(=O)N1CCCC(C(=O)Nc2ccc(N3CCCC3)cc2)C1. The number of amides is 1. The van der Waals surface area contributed by atoms with Gasteiger partial charge in [0.1, 0.15) is 0 Å². The van der Waals surface area contributed by atoms with Crippen LogP contribution in [-0.4, -0.2) is 64.3 Å². The maximum atomic E-state index is 12.6. The van der Waals surface area contributed by atoms with Gasteiger partial charge in [-0.05, 0) is 49.9 Å². The maximum absolute atomic E-state index is 12.6. The molecule has 0 spiro atoms. The first kappa shape index (κ1) is 20.1. The normalized spacial score (nSPS) is 21.4. The zero-order chi connectivity index (χ0) is 19.3. The van der Waals surface area contributed by atoms with Crippen LogP contribution in [-0.2, 0) is 19.6 Å². The quantitative estimate of drug-likeness (QED) is 0.763. The molecule has 3 rings (SSSR count). The summed E-state index contributed by atoms with van der Waals surface area (Å²) in [5.41, 5.74) is 1.93. The van der Waals surface area contributed by atoms with E-state index in [9.17, 15) is 13.2 Å². The molecule has 1 unspecified atom stereocenters. The Balaban J connectivity index is 1.57. The van der Waals surface area contributed by atoms with Crippen molar-refractivity contribution in [3.05, 3.63) is 24.3 Å². The van der Waals surface area contributed by atoms with Gasteiger partial charge in [0.25, 0.3) is 0 Å². The van der Waals surface area contributed by atoms with Crippen LogP contribution in [0.3, 0.4) is 0 Å². The van der Waals surface area contributed by atoms with Gasteiger partial charge in [-0.2, -0.15) is 0 Å². The molecule has 1 amide bonds. The molecule has 150 valence electrons. The molecule has 2 aliphatic heterocycles. The number of sulfonamides is 1. The highest BCUT2D eigenvalue weighted by molar-refractivity contribution is 7.89. The van der Waals surface area contributed by atoms with Crippen LogP contribution in [0.2, 0.25) is 0 Å². The van der Waals surface area contributed by atoms with Crippen molar-refractivity contribution in [3.8, 4) is 0 Å². The van der Waals surface area contributed by atoms with Crippen molar-refractivity contribution < 1.29 is 17.9 Å². The van der Waals surface area contributed by atoms with Crippen LogP contribution in [0.5, 0.6) is 0 Å². The predicted molar refractivity (Wildman–Crippen MR) is 106 cm³/mol. The lowest BCUT2D eigenvalue weighted by Crippen LogP contribution is -2.45. The summed E-state index contributed by atoms with van der Waals surface area (Å²) in [6.45, 7) is 3.05. The number of benzene rings is 1. The third-order valence-corrected chi connectivity index (χ3v) is 7.10. The molecule has 0 aromatic heterocycles. The Bertz CT molecular complexity index is 730. The minimum Gasteiger partial charge on any atom is -0.384 e. The second-order valence-corrected chi connectivity index (χ2v) is 9.32. The average Bonchev–Trinajstić information content (AvgIpc) is 3.22. The van der Waals surface area contributed by atoms with E-state index in [1.54, 1.807) is 0 Å². The van der Waals surface area contributed by atoms with Gasteiger partial charge < -0.3 is 15.0 Å². The fraction of sp³-hybridized carbons (Fsp3) is 0.632. The molecule has 8 heteroatoms. The highest BCUT2D eigenvalue weighted by Crippen LogP contribution is 2.24. The molecule has 2 heterocycles. The van der Waals surface area contributed by atoms with E-state index in [4.69, 9.17) is 4.74 Å². The molecular weight excluding hydrogens is 366 g/mol. The van der Waals surface area contributed by atoms with Crippen molar-refractivity contribution in [1.29, 1.82) is 0 Å². The number of anilines is 2. The summed E-state index contributed by atoms with van der Waals surface area (Å²) in [4.78, 5) is 15.0. The van der Waals surface area contributed by atoms with Crippen LogP contribution in [0.1, 0.15) is 25.7 Å². The smallest absolute Gasteiger partial charge is 0.228 e. The van der Waals surface area contributed by atoms with Gasteiger partial charge in [0.05, 0.1) is 18.3 Å². The molecule has 7 nitrogen and oxygen atoms in total. The summed E-state index contributed by atoms with van der Waals surface area (Å²) in [6, 6.07) is 7.90. The Morgan fingerprint density at radius 3 is 2.52 bits per heavy atom. The van der Waals surface area contributed by atoms with Gasteiger partial charge >= 0.3 is 0 Å². The molecule has 1 aromatic rings. The summed E-state index contributed by atoms with van der Waals surface area (Å²) < 4.78 is 31.0. The number of nitrogens with zero attached hydrogens (tertiary/aromatic N) is 2. The van der Waals surface area contributed by atoms with Gasteiger partial charge in [-0.3, -0.25) is 4.79 Å². The van der Waals surface area contributed by atoms with Crippen LogP contribution in [0.4, 0.5) is 11.4 Å². The molecule has 1 N–H and O–H groups in total. The van der Waals surface area contributed by atoms with E-state index < -0.39 is 10.0 Å². The van der Waals surface area contributed by atoms with Gasteiger partial charge in [0, 0.05) is 44.7 Å². The number of methoxy groups -OCH3 is 1. The molecule has 2 saturated heterocycles. The van der Waals surface area contributed by atoms with Crippen LogP contribution in [0.15, 0.2) is 24.3 Å². The first-order chi connectivity index (χ1) is 13.0. The van der Waals surface area contributed by atoms with Gasteiger partial charge in [-0.25, -0.2) is 12.7 Å². The summed E-state index contributed by atoms with van der Waals surface area (Å²) in [5, 5.41) is 2.94. The fourth-order valence-corrected chi connectivity index (χ4v) is 5.15. The highest BCUT2D eigenvalue weighted by Gasteiger charge is 2.32. The van der Waals surface area contributed by atoms with Crippen LogP contribution >= 0.6 is 0 Å². The molecule has 1 aromatic carbocycles. The zero-order valence-corrected chi connectivity index (χ0v) is 16.7. The van der Waals surface area contributed by atoms with E-state index in [-0.39, 0.29) is 30.7 Å². The second-order valence-electron chi connectivity index (χ2n) is 7.24. The molecule has 0 bridgehead atoms. The van der Waals surface area contributed by atoms with Crippen molar-refractivity contribution in [2.75, 3.05) is 55.9 Å². The number of nitrogens with one attached hydrogen (secondary N) is 1. The highest BCUT2D eigenvalue weighted by atomic mass is 32.2. The van der Waals surface area contributed by atoms with E-state index in [2.05, 4.69) is 10.2 Å². The van der Waals surface area contributed by atoms with Gasteiger partial charge in [0.2, 0.25) is 15.9 Å². The standard InChI is InChI=1S/C19H29N3O4S/c1-26-13-14-27(24,25)22-12-4-5-16(15-22)19(23)20-17-6-8-18(9-7-17)21-10-2-3-11-21/h6-9,16H,2-5,10-15H2,1H3,(H,20,23). The predicted octanol–water partition coefficient (Wildman–Crippen LogP) is 1.91. The Labute approximate surface area is 161 Å². The van der Waals surface area contributed by atoms with Crippen LogP contribution in [0.25, 0.3) is 0 Å². The maximum Gasteiger partial charge on any atom is 0.228 e. The van der Waals surface area contributed by atoms with Crippen molar-refractivity contribution in [2.45, 2.75) is 25.7 Å². The van der Waals surface area contributed by atoms with Crippen LogP contribution in [0, 0.1) is 5.92 Å². The lowest BCUT2D eigenvalue weighted by molar-refractivity contribution is -0.120. The van der Waals surface area contributed by atoms with Crippen LogP contribution < -0.4 is 10.2 Å². The second kappa shape index (κ2) is 9.03. The first-order valence-electron chi connectivity index (χ1n) is 9.62. The number of hydrogen-bond donors (Lipinski definition) is 1. The molecule has 0 aliphatic carbocycles. The largest absolute Gasteiger partial charge is 0.384 e. The number of ether oxygens (including phenoxy) is 1. The number of rotatable bonds is 7.